The second-order valence-electron chi connectivity index (χ2n) is 4.30. The van der Waals surface area contributed by atoms with Gasteiger partial charge in [-0.05, 0) is 31.0 Å². The molecule has 1 heterocycles. The molecule has 0 spiro atoms. The van der Waals surface area contributed by atoms with Gasteiger partial charge in [0.05, 0.1) is 12.6 Å². The van der Waals surface area contributed by atoms with E-state index < -0.39 is 0 Å². The van der Waals surface area contributed by atoms with E-state index in [9.17, 15) is 9.18 Å². The van der Waals surface area contributed by atoms with E-state index in [1.165, 1.54) is 12.1 Å². The maximum Gasteiger partial charge on any atom is 0.239 e. The highest BCUT2D eigenvalue weighted by atomic mass is 19.1. The van der Waals surface area contributed by atoms with Crippen molar-refractivity contribution in [1.82, 2.24) is 5.32 Å². The Balaban J connectivity index is 1.68. The highest BCUT2D eigenvalue weighted by molar-refractivity contribution is 5.80. The number of anilines is 1. The molecule has 1 aliphatic rings. The average Bonchev–Trinajstić information content (AvgIpc) is 2.87. The number of rotatable bonds is 5. The van der Waals surface area contributed by atoms with Gasteiger partial charge in [-0.3, -0.25) is 4.79 Å². The number of hydrogen-bond donors (Lipinski definition) is 2. The van der Waals surface area contributed by atoms with Crippen LogP contribution in [0.1, 0.15) is 12.8 Å². The first-order valence-electron chi connectivity index (χ1n) is 6.12. The van der Waals surface area contributed by atoms with Crippen LogP contribution in [0.25, 0.3) is 0 Å². The van der Waals surface area contributed by atoms with E-state index >= 15 is 0 Å². The SMILES string of the molecule is O=C(CNc1cccc(F)c1)NCC1CCCO1. The number of halogens is 1. The molecule has 2 N–H and O–H groups in total. The maximum absolute atomic E-state index is 12.9. The van der Waals surface area contributed by atoms with E-state index in [4.69, 9.17) is 4.74 Å². The summed E-state index contributed by atoms with van der Waals surface area (Å²) in [5.74, 6) is -0.436. The van der Waals surface area contributed by atoms with Crippen LogP contribution in [0.2, 0.25) is 0 Å². The van der Waals surface area contributed by atoms with E-state index in [2.05, 4.69) is 10.6 Å². The Labute approximate surface area is 106 Å². The quantitative estimate of drug-likeness (QED) is 0.835. The molecule has 0 bridgehead atoms. The summed E-state index contributed by atoms with van der Waals surface area (Å²) in [6.45, 7) is 1.46. The summed E-state index contributed by atoms with van der Waals surface area (Å²) < 4.78 is 18.3. The number of carbonyl (C=O) groups is 1. The first-order valence-corrected chi connectivity index (χ1v) is 6.12. The predicted molar refractivity (Wildman–Crippen MR) is 66.9 cm³/mol. The van der Waals surface area contributed by atoms with Crippen LogP contribution in [0, 0.1) is 5.82 Å². The fraction of sp³-hybridized carbons (Fsp3) is 0.462. The monoisotopic (exact) mass is 252 g/mol. The highest BCUT2D eigenvalue weighted by Crippen LogP contribution is 2.10. The first kappa shape index (κ1) is 12.8. The minimum Gasteiger partial charge on any atom is -0.376 e. The van der Waals surface area contributed by atoms with E-state index in [0.29, 0.717) is 12.2 Å². The summed E-state index contributed by atoms with van der Waals surface area (Å²) in [6, 6.07) is 6.04. The molecule has 0 radical (unpaired) electrons. The summed E-state index contributed by atoms with van der Waals surface area (Å²) in [4.78, 5) is 11.5. The molecule has 0 saturated carbocycles. The number of benzene rings is 1. The molecule has 1 aromatic rings. The lowest BCUT2D eigenvalue weighted by atomic mass is 10.2. The summed E-state index contributed by atoms with van der Waals surface area (Å²) in [7, 11) is 0. The molecule has 0 aliphatic carbocycles. The minimum absolute atomic E-state index is 0.116. The summed E-state index contributed by atoms with van der Waals surface area (Å²) in [6.07, 6.45) is 2.20. The van der Waals surface area contributed by atoms with Crippen molar-refractivity contribution in [2.45, 2.75) is 18.9 Å². The fourth-order valence-electron chi connectivity index (χ4n) is 1.88. The second kappa shape index (κ2) is 6.35. The van der Waals surface area contributed by atoms with Crippen LogP contribution in [0.5, 0.6) is 0 Å². The van der Waals surface area contributed by atoms with Gasteiger partial charge in [0.25, 0.3) is 0 Å². The third kappa shape index (κ3) is 4.00. The zero-order valence-electron chi connectivity index (χ0n) is 10.1. The third-order valence-electron chi connectivity index (χ3n) is 2.83. The predicted octanol–water partition coefficient (Wildman–Crippen LogP) is 1.53. The van der Waals surface area contributed by atoms with E-state index in [0.717, 1.165) is 19.4 Å². The molecular weight excluding hydrogens is 235 g/mol. The van der Waals surface area contributed by atoms with Crippen molar-refractivity contribution in [2.24, 2.45) is 0 Å². The molecule has 1 saturated heterocycles. The van der Waals surface area contributed by atoms with Crippen LogP contribution in [-0.4, -0.2) is 31.7 Å². The molecular formula is C13H17FN2O2. The van der Waals surface area contributed by atoms with Gasteiger partial charge in [-0.2, -0.15) is 0 Å². The van der Waals surface area contributed by atoms with Crippen molar-refractivity contribution in [3.05, 3.63) is 30.1 Å². The summed E-state index contributed by atoms with van der Waals surface area (Å²) in [5, 5.41) is 5.66. The molecule has 5 heteroatoms. The average molecular weight is 252 g/mol. The number of ether oxygens (including phenoxy) is 1. The molecule has 98 valence electrons. The van der Waals surface area contributed by atoms with Gasteiger partial charge in [0.15, 0.2) is 0 Å². The van der Waals surface area contributed by atoms with E-state index in [-0.39, 0.29) is 24.4 Å². The van der Waals surface area contributed by atoms with Gasteiger partial charge in [-0.25, -0.2) is 4.39 Å². The smallest absolute Gasteiger partial charge is 0.239 e. The summed E-state index contributed by atoms with van der Waals surface area (Å²) >= 11 is 0. The van der Waals surface area contributed by atoms with Crippen molar-refractivity contribution in [3.63, 3.8) is 0 Å². The van der Waals surface area contributed by atoms with Crippen LogP contribution in [-0.2, 0) is 9.53 Å². The number of carbonyl (C=O) groups excluding carboxylic acids is 1. The van der Waals surface area contributed by atoms with Gasteiger partial charge in [-0.1, -0.05) is 6.07 Å². The van der Waals surface area contributed by atoms with Gasteiger partial charge >= 0.3 is 0 Å². The molecule has 1 amide bonds. The van der Waals surface area contributed by atoms with Crippen molar-refractivity contribution >= 4 is 11.6 Å². The normalized spacial score (nSPS) is 18.6. The van der Waals surface area contributed by atoms with E-state index in [1.807, 2.05) is 0 Å². The maximum atomic E-state index is 12.9. The lowest BCUT2D eigenvalue weighted by Gasteiger charge is -2.11. The molecule has 4 nitrogen and oxygen atoms in total. The zero-order chi connectivity index (χ0) is 12.8. The molecule has 1 fully saturated rings. The Bertz CT molecular complexity index is 406. The largest absolute Gasteiger partial charge is 0.376 e. The minimum atomic E-state index is -0.320. The van der Waals surface area contributed by atoms with Gasteiger partial charge in [-0.15, -0.1) is 0 Å². The Morgan fingerprint density at radius 1 is 1.50 bits per heavy atom. The molecule has 18 heavy (non-hydrogen) atoms. The van der Waals surface area contributed by atoms with Crippen molar-refractivity contribution in [1.29, 1.82) is 0 Å². The highest BCUT2D eigenvalue weighted by Gasteiger charge is 2.15. The number of hydrogen-bond acceptors (Lipinski definition) is 3. The molecule has 2 rings (SSSR count). The molecule has 0 aromatic heterocycles. The Morgan fingerprint density at radius 3 is 3.11 bits per heavy atom. The number of amides is 1. The van der Waals surface area contributed by atoms with Crippen LogP contribution >= 0.6 is 0 Å². The third-order valence-corrected chi connectivity index (χ3v) is 2.83. The van der Waals surface area contributed by atoms with E-state index in [1.54, 1.807) is 12.1 Å². The Hall–Kier alpha value is -1.62. The standard InChI is InChI=1S/C13H17FN2O2/c14-10-3-1-4-11(7-10)15-9-13(17)16-8-12-5-2-6-18-12/h1,3-4,7,12,15H,2,5-6,8-9H2,(H,16,17). The Kier molecular flexibility index (Phi) is 4.52. The lowest BCUT2D eigenvalue weighted by Crippen LogP contribution is -2.35. The van der Waals surface area contributed by atoms with Crippen LogP contribution in [0.3, 0.4) is 0 Å². The molecule has 1 unspecified atom stereocenters. The van der Waals surface area contributed by atoms with Gasteiger partial charge in [0, 0.05) is 18.8 Å². The summed E-state index contributed by atoms with van der Waals surface area (Å²) in [5.41, 5.74) is 0.599. The molecule has 1 aromatic carbocycles. The molecule has 1 atom stereocenters. The lowest BCUT2D eigenvalue weighted by molar-refractivity contribution is -0.119. The number of nitrogens with one attached hydrogen (secondary N) is 2. The van der Waals surface area contributed by atoms with Gasteiger partial charge < -0.3 is 15.4 Å². The Morgan fingerprint density at radius 2 is 2.39 bits per heavy atom. The van der Waals surface area contributed by atoms with Gasteiger partial charge in [0.1, 0.15) is 5.82 Å². The van der Waals surface area contributed by atoms with Crippen molar-refractivity contribution < 1.29 is 13.9 Å². The van der Waals surface area contributed by atoms with Crippen LogP contribution < -0.4 is 10.6 Å². The second-order valence-corrected chi connectivity index (χ2v) is 4.30. The van der Waals surface area contributed by atoms with Crippen LogP contribution in [0.15, 0.2) is 24.3 Å². The first-order chi connectivity index (χ1) is 8.74. The van der Waals surface area contributed by atoms with Crippen molar-refractivity contribution in [2.75, 3.05) is 25.0 Å². The topological polar surface area (TPSA) is 50.4 Å². The fourth-order valence-corrected chi connectivity index (χ4v) is 1.88. The van der Waals surface area contributed by atoms with Gasteiger partial charge in [0.2, 0.25) is 5.91 Å². The van der Waals surface area contributed by atoms with Crippen molar-refractivity contribution in [3.8, 4) is 0 Å². The molecule has 1 aliphatic heterocycles. The zero-order valence-corrected chi connectivity index (χ0v) is 10.1. The van der Waals surface area contributed by atoms with Crippen LogP contribution in [0.4, 0.5) is 10.1 Å².